The number of H-pyrrole nitrogens is 1. The van der Waals surface area contributed by atoms with E-state index in [1.807, 2.05) is 48.5 Å². The number of rotatable bonds is 6. The highest BCUT2D eigenvalue weighted by Gasteiger charge is 2.39. The van der Waals surface area contributed by atoms with Gasteiger partial charge in [-0.2, -0.15) is 5.10 Å². The quantitative estimate of drug-likeness (QED) is 0.320. The Balaban J connectivity index is 1.24. The molecule has 1 amide bonds. The maximum Gasteiger partial charge on any atom is 0.251 e. The summed E-state index contributed by atoms with van der Waals surface area (Å²) in [6, 6.07) is 16.8. The molecule has 4 heterocycles. The van der Waals surface area contributed by atoms with E-state index in [1.54, 1.807) is 18.5 Å². The van der Waals surface area contributed by atoms with Crippen LogP contribution in [0, 0.1) is 0 Å². The molecule has 0 spiro atoms. The number of hydrogen-bond acceptors (Lipinski definition) is 7. The van der Waals surface area contributed by atoms with Crippen LogP contribution in [-0.4, -0.2) is 57.7 Å². The lowest BCUT2D eigenvalue weighted by Crippen LogP contribution is -2.46. The SMILES string of the molecule is CN1CCC(Nc2cccc(C(=O)NC3CCOc4ccc(Cl)cc43)c2)(c2nc(-c3ccncc3)n[nH]2)CC1. The molecule has 2 aliphatic heterocycles. The number of benzene rings is 2. The highest BCUT2D eigenvalue weighted by molar-refractivity contribution is 6.30. The smallest absolute Gasteiger partial charge is 0.251 e. The number of carbonyl (C=O) groups excluding carboxylic acids is 1. The maximum absolute atomic E-state index is 13.4. The summed E-state index contributed by atoms with van der Waals surface area (Å²) in [6.45, 7) is 2.35. The highest BCUT2D eigenvalue weighted by Crippen LogP contribution is 2.36. The first-order chi connectivity index (χ1) is 19.0. The molecule has 6 rings (SSSR count). The molecule has 3 N–H and O–H groups in total. The zero-order valence-corrected chi connectivity index (χ0v) is 22.4. The fraction of sp³-hybridized carbons (Fsp3) is 0.310. The molecule has 4 aromatic rings. The monoisotopic (exact) mass is 543 g/mol. The molecule has 10 heteroatoms. The molecule has 9 nitrogen and oxygen atoms in total. The Hall–Kier alpha value is -3.95. The van der Waals surface area contributed by atoms with Crippen LogP contribution in [0.15, 0.2) is 67.0 Å². The van der Waals surface area contributed by atoms with Crippen LogP contribution in [0.4, 0.5) is 5.69 Å². The Kier molecular flexibility index (Phi) is 6.93. The van der Waals surface area contributed by atoms with Gasteiger partial charge in [0.15, 0.2) is 11.6 Å². The Labute approximate surface area is 232 Å². The maximum atomic E-state index is 13.4. The van der Waals surface area contributed by atoms with Crippen LogP contribution in [0.3, 0.4) is 0 Å². The van der Waals surface area contributed by atoms with Gasteiger partial charge in [0.25, 0.3) is 5.91 Å². The molecule has 1 atom stereocenters. The average Bonchev–Trinajstić information content (AvgIpc) is 3.47. The zero-order valence-electron chi connectivity index (χ0n) is 21.7. The van der Waals surface area contributed by atoms with E-state index >= 15 is 0 Å². The van der Waals surface area contributed by atoms with E-state index in [4.69, 9.17) is 21.3 Å². The van der Waals surface area contributed by atoms with Gasteiger partial charge in [-0.05, 0) is 68.4 Å². The molecule has 2 aromatic heterocycles. The number of amides is 1. The molecule has 0 aliphatic carbocycles. The zero-order chi connectivity index (χ0) is 26.8. The van der Waals surface area contributed by atoms with E-state index in [-0.39, 0.29) is 11.9 Å². The van der Waals surface area contributed by atoms with E-state index in [1.165, 1.54) is 0 Å². The number of fused-ring (bicyclic) bond motifs is 1. The van der Waals surface area contributed by atoms with Crippen LogP contribution < -0.4 is 15.4 Å². The molecule has 0 saturated carbocycles. The number of hydrogen-bond donors (Lipinski definition) is 3. The topological polar surface area (TPSA) is 108 Å². The lowest BCUT2D eigenvalue weighted by Gasteiger charge is -2.40. The molecule has 200 valence electrons. The van der Waals surface area contributed by atoms with Crippen molar-refractivity contribution < 1.29 is 9.53 Å². The minimum absolute atomic E-state index is 0.145. The molecule has 1 fully saturated rings. The van der Waals surface area contributed by atoms with Crippen LogP contribution in [0.25, 0.3) is 11.4 Å². The van der Waals surface area contributed by atoms with Gasteiger partial charge in [-0.25, -0.2) is 4.98 Å². The summed E-state index contributed by atoms with van der Waals surface area (Å²) < 4.78 is 5.75. The van der Waals surface area contributed by atoms with Crippen LogP contribution >= 0.6 is 11.6 Å². The van der Waals surface area contributed by atoms with E-state index in [0.717, 1.165) is 54.3 Å². The number of likely N-dealkylation sites (tertiary alicyclic amines) is 1. The number of pyridine rings is 1. The van der Waals surface area contributed by atoms with Crippen LogP contribution in [0.5, 0.6) is 5.75 Å². The predicted octanol–water partition coefficient (Wildman–Crippen LogP) is 4.81. The second kappa shape index (κ2) is 10.7. The van der Waals surface area contributed by atoms with Crippen molar-refractivity contribution in [3.63, 3.8) is 0 Å². The van der Waals surface area contributed by atoms with E-state index < -0.39 is 5.54 Å². The largest absolute Gasteiger partial charge is 0.493 e. The third-order valence-corrected chi connectivity index (χ3v) is 7.78. The number of anilines is 1. The Morgan fingerprint density at radius 1 is 1.13 bits per heavy atom. The number of nitrogens with zero attached hydrogens (tertiary/aromatic N) is 4. The summed E-state index contributed by atoms with van der Waals surface area (Å²) in [5, 5.41) is 15.2. The minimum Gasteiger partial charge on any atom is -0.493 e. The lowest BCUT2D eigenvalue weighted by molar-refractivity contribution is 0.0925. The second-order valence-electron chi connectivity index (χ2n) is 10.2. The number of halogens is 1. The average molecular weight is 544 g/mol. The van der Waals surface area contributed by atoms with Gasteiger partial charge in [-0.1, -0.05) is 17.7 Å². The summed E-state index contributed by atoms with van der Waals surface area (Å²) in [7, 11) is 2.12. The molecule has 2 aliphatic rings. The Morgan fingerprint density at radius 2 is 1.95 bits per heavy atom. The van der Waals surface area contributed by atoms with Crippen LogP contribution in [0.1, 0.15) is 47.1 Å². The standard InChI is InChI=1S/C29H30ClN7O2/c1-37-14-10-29(11-15-37,28-33-26(35-36-28)19-7-12-31-13-8-19)34-22-4-2-3-20(17-22)27(38)32-24-9-16-39-25-6-5-21(30)18-23(24)25/h2-8,12-13,17-18,24,34H,9-11,14-16H2,1H3,(H,32,38)(H,33,35,36). The van der Waals surface area contributed by atoms with Crippen molar-refractivity contribution in [2.24, 2.45) is 0 Å². The first-order valence-electron chi connectivity index (χ1n) is 13.1. The second-order valence-corrected chi connectivity index (χ2v) is 10.6. The highest BCUT2D eigenvalue weighted by atomic mass is 35.5. The summed E-state index contributed by atoms with van der Waals surface area (Å²) >= 11 is 6.22. The third-order valence-electron chi connectivity index (χ3n) is 7.54. The molecule has 0 radical (unpaired) electrons. The third kappa shape index (κ3) is 5.32. The van der Waals surface area contributed by atoms with Gasteiger partial charge in [0, 0.05) is 59.3 Å². The number of piperidine rings is 1. The van der Waals surface area contributed by atoms with Gasteiger partial charge in [0.1, 0.15) is 5.75 Å². The molecule has 0 bridgehead atoms. The fourth-order valence-corrected chi connectivity index (χ4v) is 5.48. The molecule has 1 unspecified atom stereocenters. The van der Waals surface area contributed by atoms with Gasteiger partial charge < -0.3 is 20.3 Å². The van der Waals surface area contributed by atoms with Crippen molar-refractivity contribution in [2.75, 3.05) is 32.1 Å². The van der Waals surface area contributed by atoms with Gasteiger partial charge in [0.2, 0.25) is 0 Å². The molecule has 1 saturated heterocycles. The molecule has 2 aromatic carbocycles. The fourth-order valence-electron chi connectivity index (χ4n) is 5.30. The normalized spacial score (nSPS) is 18.6. The van der Waals surface area contributed by atoms with E-state index in [0.29, 0.717) is 29.4 Å². The Bertz CT molecular complexity index is 1470. The number of aromatic amines is 1. The predicted molar refractivity (Wildman–Crippen MR) is 150 cm³/mol. The summed E-state index contributed by atoms with van der Waals surface area (Å²) in [6.07, 6.45) is 5.83. The molecule has 39 heavy (non-hydrogen) atoms. The summed E-state index contributed by atoms with van der Waals surface area (Å²) in [5.41, 5.74) is 2.79. The summed E-state index contributed by atoms with van der Waals surface area (Å²) in [5.74, 6) is 2.03. The van der Waals surface area contributed by atoms with Crippen molar-refractivity contribution in [1.82, 2.24) is 30.4 Å². The Morgan fingerprint density at radius 3 is 2.77 bits per heavy atom. The van der Waals surface area contributed by atoms with Crippen LogP contribution in [-0.2, 0) is 5.54 Å². The first kappa shape index (κ1) is 25.3. The molecular weight excluding hydrogens is 514 g/mol. The number of carbonyl (C=O) groups is 1. The van der Waals surface area contributed by atoms with Gasteiger partial charge in [0.05, 0.1) is 18.2 Å². The van der Waals surface area contributed by atoms with E-state index in [9.17, 15) is 4.79 Å². The first-order valence-corrected chi connectivity index (χ1v) is 13.5. The van der Waals surface area contributed by atoms with Gasteiger partial charge in [-0.3, -0.25) is 14.9 Å². The number of aromatic nitrogens is 4. The number of ether oxygens (including phenoxy) is 1. The van der Waals surface area contributed by atoms with Crippen molar-refractivity contribution in [2.45, 2.75) is 30.8 Å². The van der Waals surface area contributed by atoms with Crippen molar-refractivity contribution in [3.8, 4) is 17.1 Å². The summed E-state index contributed by atoms with van der Waals surface area (Å²) in [4.78, 5) is 24.6. The van der Waals surface area contributed by atoms with Gasteiger partial charge >= 0.3 is 0 Å². The van der Waals surface area contributed by atoms with E-state index in [2.05, 4.69) is 37.8 Å². The van der Waals surface area contributed by atoms with Crippen LogP contribution in [0.2, 0.25) is 5.02 Å². The minimum atomic E-state index is -0.448. The lowest BCUT2D eigenvalue weighted by atomic mass is 9.86. The van der Waals surface area contributed by atoms with Crippen molar-refractivity contribution in [1.29, 1.82) is 0 Å². The van der Waals surface area contributed by atoms with Crippen molar-refractivity contribution in [3.05, 3.63) is 89.0 Å². The van der Waals surface area contributed by atoms with Crippen molar-refractivity contribution >= 4 is 23.2 Å². The van der Waals surface area contributed by atoms with Gasteiger partial charge in [-0.15, -0.1) is 0 Å². The number of nitrogens with one attached hydrogen (secondary N) is 3. The molecular formula is C29H30ClN7O2.